The molecule has 1 unspecified atom stereocenters. The third-order valence-electron chi connectivity index (χ3n) is 2.31. The first-order chi connectivity index (χ1) is 8.81. The molecule has 0 radical (unpaired) electrons. The van der Waals surface area contributed by atoms with Crippen LogP contribution in [0.2, 0.25) is 0 Å². The summed E-state index contributed by atoms with van der Waals surface area (Å²) in [6, 6.07) is 2.92. The molecule has 0 saturated heterocycles. The third kappa shape index (κ3) is 5.69. The molecule has 0 spiro atoms. The van der Waals surface area contributed by atoms with Crippen LogP contribution in [0.5, 0.6) is 0 Å². The zero-order chi connectivity index (χ0) is 14.5. The SMILES string of the molecule is CCNc1ccc(C(=O)NC(C)CS(C)(=O)=O)cn1. The number of rotatable bonds is 6. The van der Waals surface area contributed by atoms with Gasteiger partial charge in [0, 0.05) is 25.0 Å². The first kappa shape index (κ1) is 15.4. The summed E-state index contributed by atoms with van der Waals surface area (Å²) >= 11 is 0. The van der Waals surface area contributed by atoms with Crippen molar-refractivity contribution < 1.29 is 13.2 Å². The number of anilines is 1. The van der Waals surface area contributed by atoms with Gasteiger partial charge < -0.3 is 10.6 Å². The molecular formula is C12H19N3O3S. The Morgan fingerprint density at radius 2 is 2.11 bits per heavy atom. The molecule has 1 aromatic heterocycles. The minimum Gasteiger partial charge on any atom is -0.370 e. The van der Waals surface area contributed by atoms with Gasteiger partial charge in [-0.05, 0) is 26.0 Å². The number of nitrogens with one attached hydrogen (secondary N) is 2. The number of hydrogen-bond acceptors (Lipinski definition) is 5. The fourth-order valence-corrected chi connectivity index (χ4v) is 2.61. The lowest BCUT2D eigenvalue weighted by Crippen LogP contribution is -2.37. The van der Waals surface area contributed by atoms with E-state index in [1.165, 1.54) is 6.20 Å². The molecule has 0 aliphatic carbocycles. The highest BCUT2D eigenvalue weighted by atomic mass is 32.2. The second-order valence-electron chi connectivity index (χ2n) is 4.43. The van der Waals surface area contributed by atoms with Crippen molar-refractivity contribution in [3.63, 3.8) is 0 Å². The van der Waals surface area contributed by atoms with Crippen LogP contribution in [0.25, 0.3) is 0 Å². The average molecular weight is 285 g/mol. The number of hydrogen-bond donors (Lipinski definition) is 2. The Morgan fingerprint density at radius 3 is 2.58 bits per heavy atom. The number of sulfone groups is 1. The molecule has 0 aromatic carbocycles. The molecule has 0 saturated carbocycles. The van der Waals surface area contributed by atoms with Crippen LogP contribution < -0.4 is 10.6 Å². The summed E-state index contributed by atoms with van der Waals surface area (Å²) in [6.45, 7) is 4.36. The van der Waals surface area contributed by atoms with Crippen LogP contribution in [0.15, 0.2) is 18.3 Å². The summed E-state index contributed by atoms with van der Waals surface area (Å²) in [5.41, 5.74) is 0.405. The fourth-order valence-electron chi connectivity index (χ4n) is 1.62. The second kappa shape index (κ2) is 6.51. The Morgan fingerprint density at radius 1 is 1.42 bits per heavy atom. The van der Waals surface area contributed by atoms with Crippen molar-refractivity contribution in [2.24, 2.45) is 0 Å². The Labute approximate surface area is 113 Å². The minimum atomic E-state index is -3.11. The number of aromatic nitrogens is 1. The van der Waals surface area contributed by atoms with E-state index in [-0.39, 0.29) is 11.7 Å². The predicted molar refractivity (Wildman–Crippen MR) is 75.0 cm³/mol. The lowest BCUT2D eigenvalue weighted by Gasteiger charge is -2.12. The van der Waals surface area contributed by atoms with Gasteiger partial charge in [-0.2, -0.15) is 0 Å². The summed E-state index contributed by atoms with van der Waals surface area (Å²) in [5.74, 6) is 0.289. The Hall–Kier alpha value is -1.63. The van der Waals surface area contributed by atoms with E-state index in [4.69, 9.17) is 0 Å². The van der Waals surface area contributed by atoms with E-state index in [2.05, 4.69) is 15.6 Å². The number of nitrogens with zero attached hydrogens (tertiary/aromatic N) is 1. The van der Waals surface area contributed by atoms with Gasteiger partial charge >= 0.3 is 0 Å². The Kier molecular flexibility index (Phi) is 5.29. The summed E-state index contributed by atoms with van der Waals surface area (Å²) in [6.07, 6.45) is 2.60. The predicted octanol–water partition coefficient (Wildman–Crippen LogP) is 0.676. The van der Waals surface area contributed by atoms with Crippen molar-refractivity contribution in [1.82, 2.24) is 10.3 Å². The number of carbonyl (C=O) groups excluding carboxylic acids is 1. The molecule has 0 aliphatic rings. The van der Waals surface area contributed by atoms with Crippen LogP contribution in [0, 0.1) is 0 Å². The highest BCUT2D eigenvalue weighted by molar-refractivity contribution is 7.90. The van der Waals surface area contributed by atoms with Crippen LogP contribution in [0.1, 0.15) is 24.2 Å². The largest absolute Gasteiger partial charge is 0.370 e. The van der Waals surface area contributed by atoms with E-state index >= 15 is 0 Å². The van der Waals surface area contributed by atoms with E-state index in [1.807, 2.05) is 6.92 Å². The van der Waals surface area contributed by atoms with Gasteiger partial charge in [-0.1, -0.05) is 0 Å². The van der Waals surface area contributed by atoms with Crippen molar-refractivity contribution in [2.45, 2.75) is 19.9 Å². The van der Waals surface area contributed by atoms with Gasteiger partial charge in [0.15, 0.2) is 0 Å². The van der Waals surface area contributed by atoms with Crippen LogP contribution in [-0.4, -0.2) is 43.9 Å². The smallest absolute Gasteiger partial charge is 0.253 e. The number of amides is 1. The second-order valence-corrected chi connectivity index (χ2v) is 6.61. The van der Waals surface area contributed by atoms with Crippen molar-refractivity contribution in [2.75, 3.05) is 23.9 Å². The molecule has 0 aliphatic heterocycles. The molecule has 1 aromatic rings. The van der Waals surface area contributed by atoms with Crippen molar-refractivity contribution in [3.8, 4) is 0 Å². The van der Waals surface area contributed by atoms with E-state index < -0.39 is 15.9 Å². The highest BCUT2D eigenvalue weighted by Gasteiger charge is 2.14. The van der Waals surface area contributed by atoms with E-state index in [0.29, 0.717) is 11.4 Å². The quantitative estimate of drug-likeness (QED) is 0.802. The maximum absolute atomic E-state index is 11.8. The fraction of sp³-hybridized carbons (Fsp3) is 0.500. The molecule has 106 valence electrons. The van der Waals surface area contributed by atoms with Crippen molar-refractivity contribution in [3.05, 3.63) is 23.9 Å². The maximum Gasteiger partial charge on any atom is 0.253 e. The molecular weight excluding hydrogens is 266 g/mol. The molecule has 0 fully saturated rings. The average Bonchev–Trinajstić information content (AvgIpc) is 2.27. The summed E-state index contributed by atoms with van der Waals surface area (Å²) in [4.78, 5) is 15.9. The number of carbonyl (C=O) groups is 1. The third-order valence-corrected chi connectivity index (χ3v) is 3.42. The first-order valence-corrected chi connectivity index (χ1v) is 8.06. The first-order valence-electron chi connectivity index (χ1n) is 6.00. The van der Waals surface area contributed by atoms with Crippen LogP contribution in [0.4, 0.5) is 5.82 Å². The lowest BCUT2D eigenvalue weighted by molar-refractivity contribution is 0.0943. The summed E-state index contributed by atoms with van der Waals surface area (Å²) in [5, 5.41) is 5.65. The molecule has 2 N–H and O–H groups in total. The molecule has 6 nitrogen and oxygen atoms in total. The molecule has 7 heteroatoms. The lowest BCUT2D eigenvalue weighted by atomic mass is 10.2. The zero-order valence-electron chi connectivity index (χ0n) is 11.3. The van der Waals surface area contributed by atoms with Crippen LogP contribution in [0.3, 0.4) is 0 Å². The van der Waals surface area contributed by atoms with Gasteiger partial charge in [0.1, 0.15) is 15.7 Å². The van der Waals surface area contributed by atoms with Gasteiger partial charge in [0.2, 0.25) is 0 Å². The van der Waals surface area contributed by atoms with Gasteiger partial charge in [0.05, 0.1) is 11.3 Å². The number of pyridine rings is 1. The summed E-state index contributed by atoms with van der Waals surface area (Å²) < 4.78 is 22.2. The normalized spacial score (nSPS) is 12.8. The van der Waals surface area contributed by atoms with Crippen molar-refractivity contribution in [1.29, 1.82) is 0 Å². The monoisotopic (exact) mass is 285 g/mol. The van der Waals surface area contributed by atoms with Gasteiger partial charge in [0.25, 0.3) is 5.91 Å². The standard InChI is InChI=1S/C12H19N3O3S/c1-4-13-11-6-5-10(7-14-11)12(16)15-9(2)8-19(3,17)18/h5-7,9H,4,8H2,1-3H3,(H,13,14)(H,15,16). The topological polar surface area (TPSA) is 88.2 Å². The minimum absolute atomic E-state index is 0.0817. The van der Waals surface area contributed by atoms with Gasteiger partial charge in [-0.15, -0.1) is 0 Å². The molecule has 1 rings (SSSR count). The van der Waals surface area contributed by atoms with E-state index in [1.54, 1.807) is 19.1 Å². The van der Waals surface area contributed by atoms with Crippen LogP contribution in [-0.2, 0) is 9.84 Å². The molecule has 0 bridgehead atoms. The molecule has 1 heterocycles. The molecule has 1 atom stereocenters. The highest BCUT2D eigenvalue weighted by Crippen LogP contribution is 2.05. The maximum atomic E-state index is 11.8. The Balaban J connectivity index is 2.63. The molecule has 1 amide bonds. The van der Waals surface area contributed by atoms with Gasteiger partial charge in [-0.3, -0.25) is 4.79 Å². The van der Waals surface area contributed by atoms with E-state index in [0.717, 1.165) is 12.8 Å². The zero-order valence-corrected chi connectivity index (χ0v) is 12.1. The van der Waals surface area contributed by atoms with E-state index in [9.17, 15) is 13.2 Å². The van der Waals surface area contributed by atoms with Crippen LogP contribution >= 0.6 is 0 Å². The Bertz CT molecular complexity index is 526. The van der Waals surface area contributed by atoms with Gasteiger partial charge in [-0.25, -0.2) is 13.4 Å². The van der Waals surface area contributed by atoms with Crippen molar-refractivity contribution >= 4 is 21.6 Å². The molecule has 19 heavy (non-hydrogen) atoms. The summed E-state index contributed by atoms with van der Waals surface area (Å²) in [7, 11) is -3.11.